The first-order valence-corrected chi connectivity index (χ1v) is 6.15. The molecule has 2 rings (SSSR count). The molecule has 1 aliphatic heterocycles. The minimum Gasteiger partial charge on any atom is -0.388 e. The lowest BCUT2D eigenvalue weighted by Crippen LogP contribution is -2.34. The molecule has 1 amide bonds. The maximum atomic E-state index is 13.6. The van der Waals surface area contributed by atoms with Crippen molar-refractivity contribution in [3.8, 4) is 0 Å². The van der Waals surface area contributed by atoms with Crippen LogP contribution < -0.4 is 0 Å². The van der Waals surface area contributed by atoms with Gasteiger partial charge in [-0.05, 0) is 31.5 Å². The molecular weight excluding hydrogens is 289 g/mol. The largest absolute Gasteiger partial charge is 0.388 e. The highest BCUT2D eigenvalue weighted by Gasteiger charge is 2.34. The van der Waals surface area contributed by atoms with E-state index >= 15 is 0 Å². The van der Waals surface area contributed by atoms with Gasteiger partial charge in [0.1, 0.15) is 5.82 Å². The van der Waals surface area contributed by atoms with Gasteiger partial charge in [-0.2, -0.15) is 0 Å². The quantitative estimate of drug-likeness (QED) is 0.864. The van der Waals surface area contributed by atoms with Crippen molar-refractivity contribution < 1.29 is 14.3 Å². The molecule has 1 fully saturated rings. The predicted octanol–water partition coefficient (Wildman–Crippen LogP) is 2.19. The number of rotatable bonds is 1. The Labute approximate surface area is 107 Å². The Morgan fingerprint density at radius 2 is 2.29 bits per heavy atom. The van der Waals surface area contributed by atoms with Gasteiger partial charge in [0, 0.05) is 17.6 Å². The third-order valence-electron chi connectivity index (χ3n) is 2.90. The molecule has 17 heavy (non-hydrogen) atoms. The Bertz CT molecular complexity index is 462. The van der Waals surface area contributed by atoms with Crippen LogP contribution in [0.4, 0.5) is 4.39 Å². The van der Waals surface area contributed by atoms with E-state index in [1.807, 2.05) is 0 Å². The van der Waals surface area contributed by atoms with E-state index in [-0.39, 0.29) is 18.0 Å². The van der Waals surface area contributed by atoms with Gasteiger partial charge >= 0.3 is 0 Å². The zero-order valence-electron chi connectivity index (χ0n) is 9.41. The molecule has 0 saturated carbocycles. The van der Waals surface area contributed by atoms with Crippen LogP contribution in [0.2, 0.25) is 0 Å². The number of hydrogen-bond donors (Lipinski definition) is 1. The summed E-state index contributed by atoms with van der Waals surface area (Å²) in [4.78, 5) is 13.5. The summed E-state index contributed by atoms with van der Waals surface area (Å²) in [5.41, 5.74) is -0.812. The van der Waals surface area contributed by atoms with Crippen molar-refractivity contribution in [2.45, 2.75) is 18.9 Å². The lowest BCUT2D eigenvalue weighted by molar-refractivity contribution is 0.0569. The molecule has 1 heterocycles. The van der Waals surface area contributed by atoms with Crippen molar-refractivity contribution in [1.82, 2.24) is 4.90 Å². The number of likely N-dealkylation sites (tertiary alicyclic amines) is 1. The molecule has 1 saturated heterocycles. The van der Waals surface area contributed by atoms with Crippen LogP contribution in [0, 0.1) is 5.82 Å². The molecule has 5 heteroatoms. The second kappa shape index (κ2) is 4.38. The van der Waals surface area contributed by atoms with E-state index in [9.17, 15) is 14.3 Å². The van der Waals surface area contributed by atoms with E-state index in [2.05, 4.69) is 15.9 Å². The lowest BCUT2D eigenvalue weighted by atomic mass is 10.1. The molecule has 3 nitrogen and oxygen atoms in total. The molecule has 1 aromatic carbocycles. The van der Waals surface area contributed by atoms with Gasteiger partial charge in [-0.3, -0.25) is 4.79 Å². The number of halogens is 2. The number of benzene rings is 1. The van der Waals surface area contributed by atoms with Crippen LogP contribution in [-0.4, -0.2) is 34.6 Å². The Morgan fingerprint density at radius 3 is 2.82 bits per heavy atom. The van der Waals surface area contributed by atoms with E-state index in [0.29, 0.717) is 17.4 Å². The highest BCUT2D eigenvalue weighted by molar-refractivity contribution is 9.10. The van der Waals surface area contributed by atoms with Crippen LogP contribution in [0.1, 0.15) is 23.7 Å². The summed E-state index contributed by atoms with van der Waals surface area (Å²) in [6, 6.07) is 4.35. The lowest BCUT2D eigenvalue weighted by Gasteiger charge is -2.19. The first-order valence-electron chi connectivity index (χ1n) is 5.36. The summed E-state index contributed by atoms with van der Waals surface area (Å²) in [6.07, 6.45) is 0.525. The van der Waals surface area contributed by atoms with Crippen LogP contribution >= 0.6 is 15.9 Å². The van der Waals surface area contributed by atoms with Crippen molar-refractivity contribution in [2.75, 3.05) is 13.1 Å². The Balaban J connectivity index is 2.21. The third kappa shape index (κ3) is 2.66. The van der Waals surface area contributed by atoms with Gasteiger partial charge in [0.2, 0.25) is 0 Å². The van der Waals surface area contributed by atoms with Gasteiger partial charge in [-0.1, -0.05) is 15.9 Å². The van der Waals surface area contributed by atoms with E-state index in [0.717, 1.165) is 0 Å². The summed E-state index contributed by atoms with van der Waals surface area (Å²) < 4.78 is 14.2. The highest BCUT2D eigenvalue weighted by Crippen LogP contribution is 2.23. The van der Waals surface area contributed by atoms with E-state index in [1.54, 1.807) is 13.0 Å². The molecule has 0 aromatic heterocycles. The van der Waals surface area contributed by atoms with E-state index in [4.69, 9.17) is 0 Å². The monoisotopic (exact) mass is 301 g/mol. The average molecular weight is 302 g/mol. The molecule has 0 spiro atoms. The Kier molecular flexibility index (Phi) is 3.23. The number of hydrogen-bond acceptors (Lipinski definition) is 2. The van der Waals surface area contributed by atoms with Crippen molar-refractivity contribution in [3.63, 3.8) is 0 Å². The van der Waals surface area contributed by atoms with Crippen molar-refractivity contribution in [3.05, 3.63) is 34.1 Å². The molecule has 1 atom stereocenters. The van der Waals surface area contributed by atoms with Crippen molar-refractivity contribution in [1.29, 1.82) is 0 Å². The molecule has 1 unspecified atom stereocenters. The second-order valence-electron chi connectivity index (χ2n) is 4.60. The summed E-state index contributed by atoms with van der Waals surface area (Å²) in [5.74, 6) is -0.913. The molecule has 1 N–H and O–H groups in total. The number of nitrogens with zero attached hydrogens (tertiary/aromatic N) is 1. The summed E-state index contributed by atoms with van der Waals surface area (Å²) >= 11 is 3.14. The number of amides is 1. The van der Waals surface area contributed by atoms with Gasteiger partial charge in [0.15, 0.2) is 0 Å². The van der Waals surface area contributed by atoms with Gasteiger partial charge < -0.3 is 10.0 Å². The summed E-state index contributed by atoms with van der Waals surface area (Å²) in [7, 11) is 0. The fraction of sp³-hybridized carbons (Fsp3) is 0.417. The number of carbonyl (C=O) groups is 1. The van der Waals surface area contributed by atoms with Crippen LogP contribution in [0.5, 0.6) is 0 Å². The standard InChI is InChI=1S/C12H13BrFNO2/c1-12(17)4-5-15(7-12)11(16)9-3-2-8(13)6-10(9)14/h2-3,6,17H,4-5,7H2,1H3. The molecular formula is C12H13BrFNO2. The minimum atomic E-state index is -0.860. The third-order valence-corrected chi connectivity index (χ3v) is 3.39. The maximum absolute atomic E-state index is 13.6. The van der Waals surface area contributed by atoms with Crippen molar-refractivity contribution >= 4 is 21.8 Å². The normalized spacial score (nSPS) is 24.1. The van der Waals surface area contributed by atoms with Crippen LogP contribution in [0.15, 0.2) is 22.7 Å². The molecule has 0 aliphatic carbocycles. The summed E-state index contributed by atoms with van der Waals surface area (Å²) in [6.45, 7) is 2.39. The first-order chi connectivity index (χ1) is 7.89. The highest BCUT2D eigenvalue weighted by atomic mass is 79.9. The number of carbonyl (C=O) groups excluding carboxylic acids is 1. The SMILES string of the molecule is CC1(O)CCN(C(=O)c2ccc(Br)cc2F)C1. The predicted molar refractivity (Wildman–Crippen MR) is 65.2 cm³/mol. The average Bonchev–Trinajstić information content (AvgIpc) is 2.58. The van der Waals surface area contributed by atoms with Gasteiger partial charge in [-0.25, -0.2) is 4.39 Å². The molecule has 92 valence electrons. The van der Waals surface area contributed by atoms with Gasteiger partial charge in [0.05, 0.1) is 11.2 Å². The summed E-state index contributed by atoms with van der Waals surface area (Å²) in [5, 5.41) is 9.78. The van der Waals surface area contributed by atoms with E-state index < -0.39 is 11.4 Å². The van der Waals surface area contributed by atoms with Gasteiger partial charge in [0.25, 0.3) is 5.91 Å². The van der Waals surface area contributed by atoms with E-state index in [1.165, 1.54) is 17.0 Å². The minimum absolute atomic E-state index is 0.0471. The van der Waals surface area contributed by atoms with Crippen LogP contribution in [0.3, 0.4) is 0 Å². The number of aliphatic hydroxyl groups is 1. The maximum Gasteiger partial charge on any atom is 0.256 e. The number of β-amino-alcohol motifs (C(OH)–C–C–N with tert-alkyl or cyclic N) is 1. The van der Waals surface area contributed by atoms with Gasteiger partial charge in [-0.15, -0.1) is 0 Å². The Hall–Kier alpha value is -0.940. The van der Waals surface area contributed by atoms with Crippen LogP contribution in [-0.2, 0) is 0 Å². The molecule has 1 aliphatic rings. The smallest absolute Gasteiger partial charge is 0.256 e. The van der Waals surface area contributed by atoms with Crippen LogP contribution in [0.25, 0.3) is 0 Å². The van der Waals surface area contributed by atoms with Crippen molar-refractivity contribution in [2.24, 2.45) is 0 Å². The molecule has 1 aromatic rings. The topological polar surface area (TPSA) is 40.5 Å². The Morgan fingerprint density at radius 1 is 1.59 bits per heavy atom. The zero-order chi connectivity index (χ0) is 12.6. The zero-order valence-corrected chi connectivity index (χ0v) is 11.0. The fourth-order valence-electron chi connectivity index (χ4n) is 1.95. The molecule has 0 bridgehead atoms. The molecule has 0 radical (unpaired) electrons. The second-order valence-corrected chi connectivity index (χ2v) is 5.51. The fourth-order valence-corrected chi connectivity index (χ4v) is 2.28. The first kappa shape index (κ1) is 12.5.